The highest BCUT2D eigenvalue weighted by atomic mass is 16.5. The van der Waals surface area contributed by atoms with Gasteiger partial charge < -0.3 is 19.9 Å². The molecule has 2 N–H and O–H groups in total. The summed E-state index contributed by atoms with van der Waals surface area (Å²) in [5.74, 6) is 1.96. The molecule has 1 atom stereocenters. The van der Waals surface area contributed by atoms with Gasteiger partial charge in [0.25, 0.3) is 0 Å². The molecule has 20 heavy (non-hydrogen) atoms. The van der Waals surface area contributed by atoms with Gasteiger partial charge in [-0.1, -0.05) is 26.8 Å². The lowest BCUT2D eigenvalue weighted by Crippen LogP contribution is -2.33. The molecule has 0 saturated heterocycles. The standard InChI is InChI=1S/C16H27NO3/c1-5-13-6-7-15(16(8-13)19-4)20-11-14(18)10-17-9-12(2)3/h6-8,12,14,17-18H,5,9-11H2,1-4H3. The number of methoxy groups -OCH3 is 1. The van der Waals surface area contributed by atoms with Gasteiger partial charge in [-0.15, -0.1) is 0 Å². The molecule has 4 heteroatoms. The molecule has 1 rings (SSSR count). The molecule has 114 valence electrons. The Morgan fingerprint density at radius 1 is 1.20 bits per heavy atom. The summed E-state index contributed by atoms with van der Waals surface area (Å²) in [6, 6.07) is 5.88. The fourth-order valence-corrected chi connectivity index (χ4v) is 1.83. The molecule has 1 aromatic rings. The molecule has 0 aromatic heterocycles. The SMILES string of the molecule is CCc1ccc(OCC(O)CNCC(C)C)c(OC)c1. The van der Waals surface area contributed by atoms with Crippen molar-refractivity contribution in [2.75, 3.05) is 26.8 Å². The van der Waals surface area contributed by atoms with E-state index < -0.39 is 6.10 Å². The largest absolute Gasteiger partial charge is 0.493 e. The lowest BCUT2D eigenvalue weighted by atomic mass is 10.1. The van der Waals surface area contributed by atoms with Crippen LogP contribution in [-0.2, 0) is 6.42 Å². The van der Waals surface area contributed by atoms with Crippen LogP contribution in [0.4, 0.5) is 0 Å². The lowest BCUT2D eigenvalue weighted by Gasteiger charge is -2.16. The first-order valence-corrected chi connectivity index (χ1v) is 7.25. The number of benzene rings is 1. The number of nitrogens with one attached hydrogen (secondary N) is 1. The van der Waals surface area contributed by atoms with E-state index in [9.17, 15) is 5.11 Å². The van der Waals surface area contributed by atoms with E-state index in [0.717, 1.165) is 13.0 Å². The van der Waals surface area contributed by atoms with Crippen molar-refractivity contribution in [1.29, 1.82) is 0 Å². The van der Waals surface area contributed by atoms with Gasteiger partial charge in [-0.2, -0.15) is 0 Å². The van der Waals surface area contributed by atoms with Crippen molar-refractivity contribution in [2.45, 2.75) is 33.3 Å². The third-order valence-corrected chi connectivity index (χ3v) is 3.00. The molecule has 0 saturated carbocycles. The first kappa shape index (κ1) is 16.8. The highest BCUT2D eigenvalue weighted by Gasteiger charge is 2.09. The number of aliphatic hydroxyl groups is 1. The smallest absolute Gasteiger partial charge is 0.161 e. The molecule has 0 spiro atoms. The molecule has 0 aliphatic carbocycles. The van der Waals surface area contributed by atoms with Gasteiger partial charge in [-0.25, -0.2) is 0 Å². The minimum atomic E-state index is -0.524. The van der Waals surface area contributed by atoms with Crippen LogP contribution in [-0.4, -0.2) is 38.0 Å². The number of ether oxygens (including phenoxy) is 2. The molecule has 0 bridgehead atoms. The summed E-state index contributed by atoms with van der Waals surface area (Å²) in [5.41, 5.74) is 1.20. The minimum Gasteiger partial charge on any atom is -0.493 e. The topological polar surface area (TPSA) is 50.7 Å². The van der Waals surface area contributed by atoms with Gasteiger partial charge in [0.05, 0.1) is 7.11 Å². The maximum absolute atomic E-state index is 9.86. The number of aliphatic hydroxyl groups excluding tert-OH is 1. The van der Waals surface area contributed by atoms with Crippen LogP contribution in [0.2, 0.25) is 0 Å². The summed E-state index contributed by atoms with van der Waals surface area (Å²) in [6.07, 6.45) is 0.433. The Balaban J connectivity index is 2.44. The molecule has 0 amide bonds. The lowest BCUT2D eigenvalue weighted by molar-refractivity contribution is 0.104. The Hall–Kier alpha value is -1.26. The zero-order valence-corrected chi connectivity index (χ0v) is 13.0. The summed E-state index contributed by atoms with van der Waals surface area (Å²) in [5, 5.41) is 13.1. The Kier molecular flexibility index (Phi) is 7.41. The first-order valence-electron chi connectivity index (χ1n) is 7.25. The van der Waals surface area contributed by atoms with Crippen LogP contribution in [0.15, 0.2) is 18.2 Å². The molecule has 0 radical (unpaired) electrons. The van der Waals surface area contributed by atoms with Crippen LogP contribution in [0.1, 0.15) is 26.3 Å². The molecular weight excluding hydrogens is 254 g/mol. The summed E-state index contributed by atoms with van der Waals surface area (Å²) >= 11 is 0. The average molecular weight is 281 g/mol. The molecule has 1 unspecified atom stereocenters. The second-order valence-corrected chi connectivity index (χ2v) is 5.36. The van der Waals surface area contributed by atoms with E-state index >= 15 is 0 Å². The molecule has 0 heterocycles. The predicted octanol–water partition coefficient (Wildman–Crippen LogP) is 2.24. The fourth-order valence-electron chi connectivity index (χ4n) is 1.83. The number of aryl methyl sites for hydroxylation is 1. The second-order valence-electron chi connectivity index (χ2n) is 5.36. The van der Waals surface area contributed by atoms with Gasteiger partial charge in [0.2, 0.25) is 0 Å². The van der Waals surface area contributed by atoms with Crippen LogP contribution >= 0.6 is 0 Å². The van der Waals surface area contributed by atoms with Gasteiger partial charge in [-0.05, 0) is 36.6 Å². The normalized spacial score (nSPS) is 12.5. The van der Waals surface area contributed by atoms with E-state index in [1.165, 1.54) is 5.56 Å². The van der Waals surface area contributed by atoms with E-state index in [2.05, 4.69) is 26.1 Å². The molecule has 4 nitrogen and oxygen atoms in total. The summed E-state index contributed by atoms with van der Waals surface area (Å²) in [4.78, 5) is 0. The summed E-state index contributed by atoms with van der Waals surface area (Å²) in [6.45, 7) is 8.05. The van der Waals surface area contributed by atoms with Gasteiger partial charge in [0.15, 0.2) is 11.5 Å². The monoisotopic (exact) mass is 281 g/mol. The van der Waals surface area contributed by atoms with Crippen molar-refractivity contribution in [2.24, 2.45) is 5.92 Å². The maximum atomic E-state index is 9.86. The zero-order valence-electron chi connectivity index (χ0n) is 13.0. The average Bonchev–Trinajstić information content (AvgIpc) is 2.44. The van der Waals surface area contributed by atoms with Crippen molar-refractivity contribution in [3.8, 4) is 11.5 Å². The van der Waals surface area contributed by atoms with Gasteiger partial charge in [-0.3, -0.25) is 0 Å². The molecular formula is C16H27NO3. The highest BCUT2D eigenvalue weighted by molar-refractivity contribution is 5.42. The Labute approximate surface area is 122 Å². The molecule has 0 fully saturated rings. The summed E-state index contributed by atoms with van der Waals surface area (Å²) in [7, 11) is 1.63. The number of hydrogen-bond donors (Lipinski definition) is 2. The third kappa shape index (κ3) is 5.80. The fraction of sp³-hybridized carbons (Fsp3) is 0.625. The van der Waals surface area contributed by atoms with Crippen LogP contribution in [0.5, 0.6) is 11.5 Å². The second kappa shape index (κ2) is 8.82. The van der Waals surface area contributed by atoms with E-state index in [0.29, 0.717) is 24.0 Å². The number of hydrogen-bond acceptors (Lipinski definition) is 4. The van der Waals surface area contributed by atoms with Crippen LogP contribution in [0, 0.1) is 5.92 Å². The quantitative estimate of drug-likeness (QED) is 0.729. The Bertz CT molecular complexity index is 393. The summed E-state index contributed by atoms with van der Waals surface area (Å²) < 4.78 is 10.9. The van der Waals surface area contributed by atoms with E-state index in [-0.39, 0.29) is 6.61 Å². The van der Waals surface area contributed by atoms with E-state index in [4.69, 9.17) is 9.47 Å². The van der Waals surface area contributed by atoms with Crippen molar-refractivity contribution < 1.29 is 14.6 Å². The first-order chi connectivity index (χ1) is 9.56. The molecule has 0 aliphatic rings. The van der Waals surface area contributed by atoms with Crippen molar-refractivity contribution in [1.82, 2.24) is 5.32 Å². The van der Waals surface area contributed by atoms with Gasteiger partial charge >= 0.3 is 0 Å². The highest BCUT2D eigenvalue weighted by Crippen LogP contribution is 2.28. The van der Waals surface area contributed by atoms with Crippen molar-refractivity contribution >= 4 is 0 Å². The van der Waals surface area contributed by atoms with Gasteiger partial charge in [0, 0.05) is 6.54 Å². The maximum Gasteiger partial charge on any atom is 0.161 e. The third-order valence-electron chi connectivity index (χ3n) is 3.00. The van der Waals surface area contributed by atoms with Gasteiger partial charge in [0.1, 0.15) is 12.7 Å². The molecule has 1 aromatic carbocycles. The predicted molar refractivity (Wildman–Crippen MR) is 81.6 cm³/mol. The molecule has 0 aliphatic heterocycles. The Morgan fingerprint density at radius 3 is 2.55 bits per heavy atom. The van der Waals surface area contributed by atoms with Crippen LogP contribution in [0.3, 0.4) is 0 Å². The zero-order chi connectivity index (χ0) is 15.0. The van der Waals surface area contributed by atoms with Crippen LogP contribution in [0.25, 0.3) is 0 Å². The van der Waals surface area contributed by atoms with Crippen molar-refractivity contribution in [3.05, 3.63) is 23.8 Å². The van der Waals surface area contributed by atoms with Crippen LogP contribution < -0.4 is 14.8 Å². The van der Waals surface area contributed by atoms with E-state index in [1.807, 2.05) is 18.2 Å². The minimum absolute atomic E-state index is 0.257. The van der Waals surface area contributed by atoms with E-state index in [1.54, 1.807) is 7.11 Å². The Morgan fingerprint density at radius 2 is 1.95 bits per heavy atom. The number of rotatable bonds is 9. The van der Waals surface area contributed by atoms with Crippen molar-refractivity contribution in [3.63, 3.8) is 0 Å².